The molecule has 0 spiro atoms. The van der Waals surface area contributed by atoms with Crippen LogP contribution in [0.5, 0.6) is 0 Å². The first-order chi connectivity index (χ1) is 10.9. The lowest BCUT2D eigenvalue weighted by molar-refractivity contribution is -0.137. The minimum atomic E-state index is -4.47. The van der Waals surface area contributed by atoms with Gasteiger partial charge in [0.2, 0.25) is 11.8 Å². The summed E-state index contributed by atoms with van der Waals surface area (Å²) in [4.78, 5) is 23.6. The summed E-state index contributed by atoms with van der Waals surface area (Å²) in [6, 6.07) is 4.37. The molecule has 1 aromatic rings. The summed E-state index contributed by atoms with van der Waals surface area (Å²) in [5.74, 6) is -0.0667. The monoisotopic (exact) mass is 327 g/mol. The molecule has 2 fully saturated rings. The van der Waals surface area contributed by atoms with E-state index >= 15 is 0 Å². The van der Waals surface area contributed by atoms with Crippen molar-refractivity contribution in [2.45, 2.75) is 6.18 Å². The summed E-state index contributed by atoms with van der Waals surface area (Å²) in [6.07, 6.45) is -4.47. The number of benzene rings is 1. The van der Waals surface area contributed by atoms with E-state index in [0.29, 0.717) is 11.8 Å². The molecule has 0 unspecified atom stereocenters. The van der Waals surface area contributed by atoms with Crippen LogP contribution in [-0.2, 0) is 15.8 Å². The number of anilines is 1. The van der Waals surface area contributed by atoms with Crippen molar-refractivity contribution in [2.75, 3.05) is 25.0 Å². The molecule has 0 bridgehead atoms. The Hall–Kier alpha value is -2.09. The SMILES string of the molecule is O=C(CNC(=O)[C@H]1[C@@H]2CNC[C@@H]21)Nc1cccc(C(F)(F)F)c1. The molecule has 2 aliphatic rings. The van der Waals surface area contributed by atoms with Crippen molar-refractivity contribution in [3.8, 4) is 0 Å². The molecule has 5 nitrogen and oxygen atoms in total. The zero-order valence-corrected chi connectivity index (χ0v) is 12.1. The lowest BCUT2D eigenvalue weighted by Crippen LogP contribution is -2.35. The second kappa shape index (κ2) is 5.84. The fourth-order valence-corrected chi connectivity index (χ4v) is 3.07. The van der Waals surface area contributed by atoms with Gasteiger partial charge in [-0.25, -0.2) is 0 Å². The maximum absolute atomic E-state index is 12.6. The molecule has 1 heterocycles. The average molecular weight is 327 g/mol. The topological polar surface area (TPSA) is 70.2 Å². The van der Waals surface area contributed by atoms with E-state index in [1.54, 1.807) is 0 Å². The number of carbonyl (C=O) groups is 2. The van der Waals surface area contributed by atoms with Gasteiger partial charge >= 0.3 is 6.18 Å². The van der Waals surface area contributed by atoms with Gasteiger partial charge in [-0.3, -0.25) is 9.59 Å². The van der Waals surface area contributed by atoms with Crippen LogP contribution < -0.4 is 16.0 Å². The van der Waals surface area contributed by atoms with Gasteiger partial charge in [0.05, 0.1) is 12.1 Å². The molecule has 0 aromatic heterocycles. The Morgan fingerprint density at radius 3 is 2.57 bits per heavy atom. The van der Waals surface area contributed by atoms with E-state index in [-0.39, 0.29) is 24.1 Å². The molecule has 1 saturated heterocycles. The fourth-order valence-electron chi connectivity index (χ4n) is 3.07. The minimum Gasteiger partial charge on any atom is -0.347 e. The van der Waals surface area contributed by atoms with Crippen molar-refractivity contribution in [1.29, 1.82) is 0 Å². The predicted octanol–water partition coefficient (Wildman–Crippen LogP) is 1.23. The first-order valence-corrected chi connectivity index (χ1v) is 7.32. The van der Waals surface area contributed by atoms with E-state index in [9.17, 15) is 22.8 Å². The first kappa shape index (κ1) is 15.8. The highest BCUT2D eigenvalue weighted by molar-refractivity contribution is 5.95. The number of hydrogen-bond donors (Lipinski definition) is 3. The smallest absolute Gasteiger partial charge is 0.347 e. The summed E-state index contributed by atoms with van der Waals surface area (Å²) < 4.78 is 37.8. The van der Waals surface area contributed by atoms with Gasteiger partial charge in [-0.05, 0) is 43.1 Å². The Morgan fingerprint density at radius 2 is 1.91 bits per heavy atom. The van der Waals surface area contributed by atoms with Crippen molar-refractivity contribution in [3.05, 3.63) is 29.8 Å². The summed E-state index contributed by atoms with van der Waals surface area (Å²) in [6.45, 7) is 1.39. The molecular formula is C15H16F3N3O2. The summed E-state index contributed by atoms with van der Waals surface area (Å²) in [5.41, 5.74) is -0.788. The summed E-state index contributed by atoms with van der Waals surface area (Å²) in [7, 11) is 0. The van der Waals surface area contributed by atoms with Gasteiger partial charge in [0, 0.05) is 11.6 Å². The van der Waals surface area contributed by atoms with Crippen LogP contribution in [0.25, 0.3) is 0 Å². The van der Waals surface area contributed by atoms with Crippen LogP contribution in [0.2, 0.25) is 0 Å². The number of hydrogen-bond acceptors (Lipinski definition) is 3. The number of rotatable bonds is 4. The van der Waals surface area contributed by atoms with E-state index in [1.165, 1.54) is 12.1 Å². The summed E-state index contributed by atoms with van der Waals surface area (Å²) in [5, 5.41) is 8.06. The van der Waals surface area contributed by atoms with Gasteiger partial charge in [0.15, 0.2) is 0 Å². The predicted molar refractivity (Wildman–Crippen MR) is 76.4 cm³/mol. The molecule has 2 amide bonds. The maximum Gasteiger partial charge on any atom is 0.416 e. The lowest BCUT2D eigenvalue weighted by atomic mass is 10.2. The third kappa shape index (κ3) is 3.47. The van der Waals surface area contributed by atoms with E-state index in [2.05, 4.69) is 16.0 Å². The quantitative estimate of drug-likeness (QED) is 0.779. The fraction of sp³-hybridized carbons (Fsp3) is 0.467. The second-order valence-electron chi connectivity index (χ2n) is 5.86. The van der Waals surface area contributed by atoms with Gasteiger partial charge in [-0.1, -0.05) is 6.07 Å². The van der Waals surface area contributed by atoms with Crippen LogP contribution in [0.1, 0.15) is 5.56 Å². The molecule has 3 rings (SSSR count). The molecule has 1 aliphatic heterocycles. The standard InChI is InChI=1S/C15H16F3N3O2/c16-15(17,18)8-2-1-3-9(4-8)21-12(22)7-20-14(23)13-10-5-19-6-11(10)13/h1-4,10-11,13,19H,5-7H2,(H,20,23)(H,21,22)/t10-,11+,13+. The highest BCUT2D eigenvalue weighted by Crippen LogP contribution is 2.48. The van der Waals surface area contributed by atoms with Crippen molar-refractivity contribution >= 4 is 17.5 Å². The number of halogens is 3. The van der Waals surface area contributed by atoms with Gasteiger partial charge in [0.1, 0.15) is 0 Å². The molecule has 1 aliphatic carbocycles. The van der Waals surface area contributed by atoms with Gasteiger partial charge in [-0.15, -0.1) is 0 Å². The van der Waals surface area contributed by atoms with Crippen LogP contribution in [0.4, 0.5) is 18.9 Å². The van der Waals surface area contributed by atoms with Crippen molar-refractivity contribution < 1.29 is 22.8 Å². The van der Waals surface area contributed by atoms with Crippen molar-refractivity contribution in [1.82, 2.24) is 10.6 Å². The third-order valence-electron chi connectivity index (χ3n) is 4.29. The molecule has 1 saturated carbocycles. The minimum absolute atomic E-state index is 0.0439. The zero-order valence-electron chi connectivity index (χ0n) is 12.1. The second-order valence-corrected chi connectivity index (χ2v) is 5.86. The molecule has 3 N–H and O–H groups in total. The van der Waals surface area contributed by atoms with Crippen molar-refractivity contribution in [2.24, 2.45) is 17.8 Å². The number of fused-ring (bicyclic) bond motifs is 1. The Bertz CT molecular complexity index is 623. The van der Waals surface area contributed by atoms with Crippen LogP contribution in [0, 0.1) is 17.8 Å². The number of alkyl halides is 3. The van der Waals surface area contributed by atoms with Crippen LogP contribution in [0.3, 0.4) is 0 Å². The highest BCUT2D eigenvalue weighted by atomic mass is 19.4. The number of nitrogens with one attached hydrogen (secondary N) is 3. The van der Waals surface area contributed by atoms with Crippen molar-refractivity contribution in [3.63, 3.8) is 0 Å². The zero-order chi connectivity index (χ0) is 16.6. The Labute approximate surface area is 130 Å². The normalized spacial score (nSPS) is 25.6. The molecule has 23 heavy (non-hydrogen) atoms. The van der Waals surface area contributed by atoms with E-state index in [1.807, 2.05) is 0 Å². The Morgan fingerprint density at radius 1 is 1.22 bits per heavy atom. The first-order valence-electron chi connectivity index (χ1n) is 7.32. The highest BCUT2D eigenvalue weighted by Gasteiger charge is 2.56. The summed E-state index contributed by atoms with van der Waals surface area (Å²) >= 11 is 0. The van der Waals surface area contributed by atoms with Gasteiger partial charge in [-0.2, -0.15) is 13.2 Å². The van der Waals surface area contributed by atoms with E-state index in [4.69, 9.17) is 0 Å². The molecule has 0 radical (unpaired) electrons. The van der Waals surface area contributed by atoms with E-state index < -0.39 is 17.6 Å². The lowest BCUT2D eigenvalue weighted by Gasteiger charge is -2.10. The van der Waals surface area contributed by atoms with Crippen LogP contribution in [0.15, 0.2) is 24.3 Å². The van der Waals surface area contributed by atoms with E-state index in [0.717, 1.165) is 25.2 Å². The molecule has 1 aromatic carbocycles. The number of amides is 2. The number of piperidine rings is 1. The molecule has 8 heteroatoms. The van der Waals surface area contributed by atoms with Gasteiger partial charge < -0.3 is 16.0 Å². The molecule has 3 atom stereocenters. The molecule has 124 valence electrons. The number of carbonyl (C=O) groups excluding carboxylic acids is 2. The maximum atomic E-state index is 12.6. The third-order valence-corrected chi connectivity index (χ3v) is 4.29. The van der Waals surface area contributed by atoms with Crippen LogP contribution >= 0.6 is 0 Å². The molecular weight excluding hydrogens is 311 g/mol. The van der Waals surface area contributed by atoms with Gasteiger partial charge in [0.25, 0.3) is 0 Å². The van der Waals surface area contributed by atoms with Crippen LogP contribution in [-0.4, -0.2) is 31.4 Å². The Kier molecular flexibility index (Phi) is 4.01. The largest absolute Gasteiger partial charge is 0.416 e. The average Bonchev–Trinajstić information content (AvgIpc) is 2.97. The Balaban J connectivity index is 1.49.